The quantitative estimate of drug-likeness (QED) is 0.652. The third kappa shape index (κ3) is 5.14. The summed E-state index contributed by atoms with van der Waals surface area (Å²) in [4.78, 5) is 23.0. The Kier molecular flexibility index (Phi) is 5.92. The molecule has 0 atom stereocenters. The summed E-state index contributed by atoms with van der Waals surface area (Å²) < 4.78 is 10.6. The molecule has 1 N–H and O–H groups in total. The lowest BCUT2D eigenvalue weighted by Crippen LogP contribution is -2.13. The number of carbonyl (C=O) groups excluding carboxylic acids is 2. The van der Waals surface area contributed by atoms with Gasteiger partial charge < -0.3 is 14.8 Å². The van der Waals surface area contributed by atoms with E-state index in [0.717, 1.165) is 0 Å². The second-order valence-electron chi connectivity index (χ2n) is 4.88. The van der Waals surface area contributed by atoms with Gasteiger partial charge in [0.25, 0.3) is 0 Å². The zero-order valence-electron chi connectivity index (χ0n) is 13.1. The standard InChI is InChI=1S/C18H16N2O4/c1-13(21)20-16-4-2-3-15(11-16)18(22)24-10-9-23-17-7-5-14(12-19)6-8-17/h2-8,11H,9-10H2,1H3,(H,20,21). The molecule has 0 aromatic heterocycles. The van der Waals surface area contributed by atoms with Crippen molar-refractivity contribution in [3.63, 3.8) is 0 Å². The summed E-state index contributed by atoms with van der Waals surface area (Å²) in [6.07, 6.45) is 0. The van der Waals surface area contributed by atoms with Crippen LogP contribution in [0.1, 0.15) is 22.8 Å². The molecule has 0 saturated heterocycles. The summed E-state index contributed by atoms with van der Waals surface area (Å²) >= 11 is 0. The van der Waals surface area contributed by atoms with Gasteiger partial charge in [0.05, 0.1) is 17.2 Å². The first-order valence-electron chi connectivity index (χ1n) is 7.26. The maximum absolute atomic E-state index is 12.0. The molecule has 2 rings (SSSR count). The van der Waals surface area contributed by atoms with Gasteiger partial charge in [-0.05, 0) is 42.5 Å². The Morgan fingerprint density at radius 2 is 1.88 bits per heavy atom. The number of esters is 1. The van der Waals surface area contributed by atoms with Gasteiger partial charge in [0.1, 0.15) is 19.0 Å². The van der Waals surface area contributed by atoms with Crippen molar-refractivity contribution in [1.82, 2.24) is 0 Å². The number of anilines is 1. The van der Waals surface area contributed by atoms with E-state index in [1.165, 1.54) is 6.92 Å². The molecule has 2 aromatic carbocycles. The first-order chi connectivity index (χ1) is 11.6. The van der Waals surface area contributed by atoms with Crippen LogP contribution >= 0.6 is 0 Å². The van der Waals surface area contributed by atoms with Gasteiger partial charge in [-0.3, -0.25) is 4.79 Å². The Hall–Kier alpha value is -3.33. The van der Waals surface area contributed by atoms with Crippen LogP contribution in [-0.4, -0.2) is 25.1 Å². The summed E-state index contributed by atoms with van der Waals surface area (Å²) in [5, 5.41) is 11.3. The van der Waals surface area contributed by atoms with Crippen LogP contribution in [0, 0.1) is 11.3 Å². The van der Waals surface area contributed by atoms with E-state index in [2.05, 4.69) is 5.32 Å². The molecule has 0 bridgehead atoms. The molecule has 0 spiro atoms. The summed E-state index contributed by atoms with van der Waals surface area (Å²) in [5.74, 6) is -0.111. The van der Waals surface area contributed by atoms with E-state index in [9.17, 15) is 9.59 Å². The number of carbonyl (C=O) groups is 2. The van der Waals surface area contributed by atoms with E-state index in [-0.39, 0.29) is 19.1 Å². The Morgan fingerprint density at radius 1 is 1.12 bits per heavy atom. The molecule has 122 valence electrons. The number of rotatable bonds is 6. The van der Waals surface area contributed by atoms with Gasteiger partial charge in [0.2, 0.25) is 5.91 Å². The van der Waals surface area contributed by atoms with Crippen molar-refractivity contribution in [2.45, 2.75) is 6.92 Å². The molecule has 0 aliphatic heterocycles. The van der Waals surface area contributed by atoms with Gasteiger partial charge in [-0.1, -0.05) is 6.07 Å². The van der Waals surface area contributed by atoms with E-state index in [0.29, 0.717) is 22.6 Å². The minimum Gasteiger partial charge on any atom is -0.490 e. The molecular weight excluding hydrogens is 308 g/mol. The second kappa shape index (κ2) is 8.34. The van der Waals surface area contributed by atoms with Gasteiger partial charge in [0.15, 0.2) is 0 Å². The topological polar surface area (TPSA) is 88.4 Å². The number of nitrogens with zero attached hydrogens (tertiary/aromatic N) is 1. The fourth-order valence-electron chi connectivity index (χ4n) is 1.93. The number of nitrogens with one attached hydrogen (secondary N) is 1. The van der Waals surface area contributed by atoms with Crippen LogP contribution < -0.4 is 10.1 Å². The molecule has 6 heteroatoms. The predicted molar refractivity (Wildman–Crippen MR) is 87.7 cm³/mol. The number of benzene rings is 2. The molecule has 6 nitrogen and oxygen atoms in total. The van der Waals surface area contributed by atoms with Crippen molar-refractivity contribution in [1.29, 1.82) is 5.26 Å². The lowest BCUT2D eigenvalue weighted by molar-refractivity contribution is -0.114. The smallest absolute Gasteiger partial charge is 0.338 e. The van der Waals surface area contributed by atoms with Gasteiger partial charge in [-0.15, -0.1) is 0 Å². The van der Waals surface area contributed by atoms with Crippen LogP contribution in [0.2, 0.25) is 0 Å². The second-order valence-corrected chi connectivity index (χ2v) is 4.88. The van der Waals surface area contributed by atoms with Crippen molar-refractivity contribution >= 4 is 17.6 Å². The zero-order chi connectivity index (χ0) is 17.4. The van der Waals surface area contributed by atoms with Gasteiger partial charge in [-0.2, -0.15) is 5.26 Å². The highest BCUT2D eigenvalue weighted by Crippen LogP contribution is 2.13. The van der Waals surface area contributed by atoms with E-state index in [4.69, 9.17) is 14.7 Å². The van der Waals surface area contributed by atoms with Crippen LogP contribution in [0.5, 0.6) is 5.75 Å². The number of hydrogen-bond acceptors (Lipinski definition) is 5. The first kappa shape index (κ1) is 17.0. The third-order valence-corrected chi connectivity index (χ3v) is 2.99. The number of nitriles is 1. The van der Waals surface area contributed by atoms with Crippen molar-refractivity contribution in [3.8, 4) is 11.8 Å². The first-order valence-corrected chi connectivity index (χ1v) is 7.26. The van der Waals surface area contributed by atoms with E-state index in [1.54, 1.807) is 48.5 Å². The molecule has 2 aromatic rings. The minimum absolute atomic E-state index is 0.0865. The Morgan fingerprint density at radius 3 is 2.54 bits per heavy atom. The summed E-state index contributed by atoms with van der Waals surface area (Å²) in [7, 11) is 0. The highest BCUT2D eigenvalue weighted by Gasteiger charge is 2.08. The SMILES string of the molecule is CC(=O)Nc1cccc(C(=O)OCCOc2ccc(C#N)cc2)c1. The highest BCUT2D eigenvalue weighted by atomic mass is 16.6. The van der Waals surface area contributed by atoms with Crippen LogP contribution in [-0.2, 0) is 9.53 Å². The van der Waals surface area contributed by atoms with E-state index in [1.807, 2.05) is 6.07 Å². The van der Waals surface area contributed by atoms with Crippen molar-refractivity contribution in [3.05, 3.63) is 59.7 Å². The average Bonchev–Trinajstić information content (AvgIpc) is 2.58. The Balaban J connectivity index is 1.80. The van der Waals surface area contributed by atoms with Crippen molar-refractivity contribution in [2.24, 2.45) is 0 Å². The molecule has 0 aliphatic rings. The number of hydrogen-bond donors (Lipinski definition) is 1. The number of ether oxygens (including phenoxy) is 2. The highest BCUT2D eigenvalue weighted by molar-refractivity contribution is 5.93. The van der Waals surface area contributed by atoms with Crippen LogP contribution in [0.15, 0.2) is 48.5 Å². The molecular formula is C18H16N2O4. The predicted octanol–water partition coefficient (Wildman–Crippen LogP) is 2.75. The molecule has 0 heterocycles. The summed E-state index contributed by atoms with van der Waals surface area (Å²) in [5.41, 5.74) is 1.43. The lowest BCUT2D eigenvalue weighted by atomic mass is 10.2. The van der Waals surface area contributed by atoms with E-state index >= 15 is 0 Å². The Bertz CT molecular complexity index is 763. The lowest BCUT2D eigenvalue weighted by Gasteiger charge is -2.08. The maximum Gasteiger partial charge on any atom is 0.338 e. The number of amides is 1. The minimum atomic E-state index is -0.495. The maximum atomic E-state index is 12.0. The normalized spacial score (nSPS) is 9.67. The van der Waals surface area contributed by atoms with Crippen LogP contribution in [0.3, 0.4) is 0 Å². The molecule has 0 fully saturated rings. The van der Waals surface area contributed by atoms with Gasteiger partial charge in [0, 0.05) is 12.6 Å². The molecule has 0 unspecified atom stereocenters. The summed E-state index contributed by atoms with van der Waals surface area (Å²) in [6.45, 7) is 1.68. The molecule has 1 amide bonds. The fraction of sp³-hybridized carbons (Fsp3) is 0.167. The monoisotopic (exact) mass is 324 g/mol. The summed E-state index contributed by atoms with van der Waals surface area (Å²) in [6, 6.07) is 15.2. The van der Waals surface area contributed by atoms with Gasteiger partial charge >= 0.3 is 5.97 Å². The fourth-order valence-corrected chi connectivity index (χ4v) is 1.93. The van der Waals surface area contributed by atoms with Gasteiger partial charge in [-0.25, -0.2) is 4.79 Å². The van der Waals surface area contributed by atoms with Crippen molar-refractivity contribution < 1.29 is 19.1 Å². The molecule has 0 radical (unpaired) electrons. The zero-order valence-corrected chi connectivity index (χ0v) is 13.1. The molecule has 0 saturated carbocycles. The molecule has 24 heavy (non-hydrogen) atoms. The van der Waals surface area contributed by atoms with E-state index < -0.39 is 5.97 Å². The van der Waals surface area contributed by atoms with Crippen LogP contribution in [0.4, 0.5) is 5.69 Å². The van der Waals surface area contributed by atoms with Crippen molar-refractivity contribution in [2.75, 3.05) is 18.5 Å². The van der Waals surface area contributed by atoms with Crippen LogP contribution in [0.25, 0.3) is 0 Å². The Labute approximate surface area is 139 Å². The average molecular weight is 324 g/mol. The largest absolute Gasteiger partial charge is 0.490 e. The molecule has 0 aliphatic carbocycles. The third-order valence-electron chi connectivity index (χ3n) is 2.99.